The number of benzene rings is 1. The Morgan fingerprint density at radius 2 is 1.95 bits per heavy atom. The number of halogens is 2. The predicted molar refractivity (Wildman–Crippen MR) is 70.8 cm³/mol. The maximum absolute atomic E-state index is 14.0. The lowest BCUT2D eigenvalue weighted by molar-refractivity contribution is 0.263. The third kappa shape index (κ3) is 2.56. The number of rotatable bonds is 1. The molecule has 19 heavy (non-hydrogen) atoms. The van der Waals surface area contributed by atoms with Gasteiger partial charge in [-0.05, 0) is 29.9 Å². The van der Waals surface area contributed by atoms with Crippen molar-refractivity contribution < 1.29 is 8.78 Å². The van der Waals surface area contributed by atoms with Gasteiger partial charge >= 0.3 is 0 Å². The number of hydrogen-bond acceptors (Lipinski definition) is 2. The summed E-state index contributed by atoms with van der Waals surface area (Å²) in [6.07, 6.45) is 0.977. The van der Waals surface area contributed by atoms with Crippen LogP contribution in [0.25, 0.3) is 0 Å². The summed E-state index contributed by atoms with van der Waals surface area (Å²) < 4.78 is 27.6. The van der Waals surface area contributed by atoms with Gasteiger partial charge in [0, 0.05) is 13.1 Å². The standard InChI is InChI=1S/C15H18F2N2/c1-15(2,3)11-6-7-19(9-11)12-5-4-10(8-18)13(16)14(12)17/h4-5,11H,6-7,9H2,1-3H3. The van der Waals surface area contributed by atoms with Gasteiger partial charge in [0.1, 0.15) is 6.07 Å². The van der Waals surface area contributed by atoms with Crippen molar-refractivity contribution in [3.63, 3.8) is 0 Å². The van der Waals surface area contributed by atoms with E-state index in [9.17, 15) is 8.78 Å². The topological polar surface area (TPSA) is 27.0 Å². The lowest BCUT2D eigenvalue weighted by Gasteiger charge is -2.27. The molecule has 0 spiro atoms. The molecule has 4 heteroatoms. The van der Waals surface area contributed by atoms with Crippen molar-refractivity contribution in [1.82, 2.24) is 0 Å². The van der Waals surface area contributed by atoms with Crippen LogP contribution < -0.4 is 4.90 Å². The van der Waals surface area contributed by atoms with E-state index >= 15 is 0 Å². The smallest absolute Gasteiger partial charge is 0.183 e. The lowest BCUT2D eigenvalue weighted by Crippen LogP contribution is -2.26. The largest absolute Gasteiger partial charge is 0.369 e. The molecule has 0 radical (unpaired) electrons. The minimum absolute atomic E-state index is 0.163. The van der Waals surface area contributed by atoms with Crippen molar-refractivity contribution in [3.05, 3.63) is 29.3 Å². The Hall–Kier alpha value is -1.63. The van der Waals surface area contributed by atoms with Crippen molar-refractivity contribution >= 4 is 5.69 Å². The van der Waals surface area contributed by atoms with E-state index in [2.05, 4.69) is 20.8 Å². The minimum Gasteiger partial charge on any atom is -0.369 e. The molecule has 1 saturated heterocycles. The number of nitriles is 1. The van der Waals surface area contributed by atoms with Gasteiger partial charge in [0.2, 0.25) is 0 Å². The van der Waals surface area contributed by atoms with Crippen LogP contribution in [0, 0.1) is 34.3 Å². The Morgan fingerprint density at radius 1 is 1.26 bits per heavy atom. The molecule has 1 heterocycles. The van der Waals surface area contributed by atoms with Gasteiger partial charge in [-0.15, -0.1) is 0 Å². The molecule has 2 nitrogen and oxygen atoms in total. The molecule has 2 rings (SSSR count). The van der Waals surface area contributed by atoms with Gasteiger partial charge in [-0.1, -0.05) is 20.8 Å². The fourth-order valence-corrected chi connectivity index (χ4v) is 2.56. The lowest BCUT2D eigenvalue weighted by atomic mass is 9.80. The fraction of sp³-hybridized carbons (Fsp3) is 0.533. The first-order valence-corrected chi connectivity index (χ1v) is 6.47. The van der Waals surface area contributed by atoms with Crippen LogP contribution in [-0.4, -0.2) is 13.1 Å². The van der Waals surface area contributed by atoms with Crippen molar-refractivity contribution in [2.45, 2.75) is 27.2 Å². The molecule has 1 aliphatic rings. The van der Waals surface area contributed by atoms with Crippen LogP contribution in [0.1, 0.15) is 32.8 Å². The molecule has 1 unspecified atom stereocenters. The molecule has 102 valence electrons. The van der Waals surface area contributed by atoms with E-state index < -0.39 is 11.6 Å². The summed E-state index contributed by atoms with van der Waals surface area (Å²) in [6, 6.07) is 4.50. The summed E-state index contributed by atoms with van der Waals surface area (Å²) in [5.74, 6) is -1.49. The van der Waals surface area contributed by atoms with E-state index in [-0.39, 0.29) is 16.7 Å². The third-order valence-electron chi connectivity index (χ3n) is 3.94. The van der Waals surface area contributed by atoms with Crippen LogP contribution in [-0.2, 0) is 0 Å². The quantitative estimate of drug-likeness (QED) is 0.773. The highest BCUT2D eigenvalue weighted by atomic mass is 19.2. The predicted octanol–water partition coefficient (Wildman–Crippen LogP) is 3.71. The Bertz CT molecular complexity index is 526. The van der Waals surface area contributed by atoms with Gasteiger partial charge in [0.25, 0.3) is 0 Å². The first-order chi connectivity index (χ1) is 8.84. The molecule has 1 aromatic carbocycles. The molecule has 1 aliphatic heterocycles. The minimum atomic E-state index is -1.04. The second-order valence-electron chi connectivity index (χ2n) is 6.17. The Kier molecular flexibility index (Phi) is 3.49. The molecule has 1 aromatic rings. The summed E-state index contributed by atoms with van der Waals surface area (Å²) in [4.78, 5) is 1.87. The molecule has 0 N–H and O–H groups in total. The molecule has 0 aliphatic carbocycles. The molecular weight excluding hydrogens is 246 g/mol. The van der Waals surface area contributed by atoms with E-state index in [1.54, 1.807) is 6.07 Å². The Labute approximate surface area is 112 Å². The zero-order valence-electron chi connectivity index (χ0n) is 11.5. The summed E-state index contributed by atoms with van der Waals surface area (Å²) in [5, 5.41) is 8.68. The summed E-state index contributed by atoms with van der Waals surface area (Å²) in [6.45, 7) is 7.95. The highest BCUT2D eigenvalue weighted by Gasteiger charge is 2.33. The summed E-state index contributed by atoms with van der Waals surface area (Å²) in [7, 11) is 0. The van der Waals surface area contributed by atoms with Crippen LogP contribution in [0.5, 0.6) is 0 Å². The zero-order chi connectivity index (χ0) is 14.2. The van der Waals surface area contributed by atoms with Gasteiger partial charge in [-0.2, -0.15) is 5.26 Å². The third-order valence-corrected chi connectivity index (χ3v) is 3.94. The highest BCUT2D eigenvalue weighted by Crippen LogP contribution is 2.36. The van der Waals surface area contributed by atoms with Crippen molar-refractivity contribution in [2.24, 2.45) is 11.3 Å². The number of hydrogen-bond donors (Lipinski definition) is 0. The maximum Gasteiger partial charge on any atom is 0.183 e. The molecule has 0 amide bonds. The van der Waals surface area contributed by atoms with Crippen LogP contribution in [0.3, 0.4) is 0 Å². The van der Waals surface area contributed by atoms with Crippen LogP contribution in [0.4, 0.5) is 14.5 Å². The van der Waals surface area contributed by atoms with Crippen molar-refractivity contribution in [1.29, 1.82) is 5.26 Å². The average Bonchev–Trinajstić information content (AvgIpc) is 2.81. The second-order valence-corrected chi connectivity index (χ2v) is 6.17. The molecule has 0 saturated carbocycles. The monoisotopic (exact) mass is 264 g/mol. The van der Waals surface area contributed by atoms with Crippen molar-refractivity contribution in [2.75, 3.05) is 18.0 Å². The average molecular weight is 264 g/mol. The SMILES string of the molecule is CC(C)(C)C1CCN(c2ccc(C#N)c(F)c2F)C1. The van der Waals surface area contributed by atoms with E-state index in [1.807, 2.05) is 4.90 Å². The van der Waals surface area contributed by atoms with E-state index in [4.69, 9.17) is 5.26 Å². The van der Waals surface area contributed by atoms with Gasteiger partial charge in [0.15, 0.2) is 11.6 Å². The summed E-state index contributed by atoms with van der Waals surface area (Å²) >= 11 is 0. The first kappa shape index (κ1) is 13.8. The second kappa shape index (κ2) is 4.80. The van der Waals surface area contributed by atoms with E-state index in [0.717, 1.165) is 19.5 Å². The van der Waals surface area contributed by atoms with Crippen LogP contribution in [0.2, 0.25) is 0 Å². The molecular formula is C15H18F2N2. The van der Waals surface area contributed by atoms with E-state index in [0.29, 0.717) is 5.92 Å². The Balaban J connectivity index is 2.26. The van der Waals surface area contributed by atoms with E-state index in [1.165, 1.54) is 12.1 Å². The molecule has 1 fully saturated rings. The molecule has 1 atom stereocenters. The highest BCUT2D eigenvalue weighted by molar-refractivity contribution is 5.52. The first-order valence-electron chi connectivity index (χ1n) is 6.47. The van der Waals surface area contributed by atoms with Crippen molar-refractivity contribution in [3.8, 4) is 6.07 Å². The van der Waals surface area contributed by atoms with Gasteiger partial charge < -0.3 is 4.90 Å². The van der Waals surface area contributed by atoms with Crippen LogP contribution >= 0.6 is 0 Å². The molecule has 0 bridgehead atoms. The van der Waals surface area contributed by atoms with Gasteiger partial charge in [-0.25, -0.2) is 8.78 Å². The maximum atomic E-state index is 14.0. The summed E-state index contributed by atoms with van der Waals surface area (Å²) in [5.41, 5.74) is 0.187. The normalized spacial score (nSPS) is 19.6. The van der Waals surface area contributed by atoms with Gasteiger partial charge in [-0.3, -0.25) is 0 Å². The van der Waals surface area contributed by atoms with Gasteiger partial charge in [0.05, 0.1) is 11.3 Å². The number of nitrogens with zero attached hydrogens (tertiary/aromatic N) is 2. The number of anilines is 1. The van der Waals surface area contributed by atoms with Crippen LogP contribution in [0.15, 0.2) is 12.1 Å². The molecule has 0 aromatic heterocycles. The Morgan fingerprint density at radius 3 is 2.47 bits per heavy atom. The zero-order valence-corrected chi connectivity index (χ0v) is 11.5. The fourth-order valence-electron chi connectivity index (χ4n) is 2.56.